The van der Waals surface area contributed by atoms with Crippen molar-refractivity contribution in [3.8, 4) is 0 Å². The van der Waals surface area contributed by atoms with Crippen molar-refractivity contribution in [2.24, 2.45) is 5.92 Å². The normalized spacial score (nSPS) is 12.0. The maximum absolute atomic E-state index is 13.8. The van der Waals surface area contributed by atoms with Crippen LogP contribution in [-0.4, -0.2) is 32.9 Å². The van der Waals surface area contributed by atoms with Gasteiger partial charge in [0, 0.05) is 11.8 Å². The Hall–Kier alpha value is -2.43. The van der Waals surface area contributed by atoms with Gasteiger partial charge in [-0.3, -0.25) is 0 Å². The molecule has 2 rings (SSSR count). The molecule has 0 amide bonds. The number of rotatable bonds is 6. The number of esters is 1. The topological polar surface area (TPSA) is 67.9 Å². The maximum Gasteiger partial charge on any atom is 0.434 e. The zero-order valence-electron chi connectivity index (χ0n) is 15.9. The number of aryl methyl sites for hydroxylation is 1. The summed E-state index contributed by atoms with van der Waals surface area (Å²) in [6.07, 6.45) is -7.22. The third kappa shape index (κ3) is 4.77. The van der Waals surface area contributed by atoms with Crippen LogP contribution in [0.4, 0.5) is 22.0 Å². The van der Waals surface area contributed by atoms with Crippen LogP contribution in [0.5, 0.6) is 0 Å². The van der Waals surface area contributed by atoms with Gasteiger partial charge < -0.3 is 9.72 Å². The molecule has 0 aromatic carbocycles. The molecule has 29 heavy (non-hydrogen) atoms. The number of ether oxygens (including phenoxy) is 1. The standard InChI is InChI=1S/C18H18F5N3O2S/c1-7(2)5-9-10(17(27)28-4)12(15(19)20)26-14(18(21,22)23)11(9)13(29)16-24-6-8(3)25-16/h6-7,15H,5H2,1-4H3,(H,24,25). The zero-order valence-corrected chi connectivity index (χ0v) is 16.8. The molecule has 0 aliphatic heterocycles. The molecule has 0 bridgehead atoms. The van der Waals surface area contributed by atoms with E-state index in [1.165, 1.54) is 6.20 Å². The van der Waals surface area contributed by atoms with Gasteiger partial charge in [0.25, 0.3) is 6.43 Å². The van der Waals surface area contributed by atoms with Gasteiger partial charge in [-0.05, 0) is 24.8 Å². The van der Waals surface area contributed by atoms with Crippen LogP contribution in [0.15, 0.2) is 6.20 Å². The number of nitrogens with zero attached hydrogens (tertiary/aromatic N) is 2. The molecule has 0 saturated carbocycles. The number of alkyl halides is 5. The van der Waals surface area contributed by atoms with Gasteiger partial charge in [-0.15, -0.1) is 0 Å². The summed E-state index contributed by atoms with van der Waals surface area (Å²) < 4.78 is 73.1. The van der Waals surface area contributed by atoms with Crippen molar-refractivity contribution in [1.82, 2.24) is 15.0 Å². The van der Waals surface area contributed by atoms with Crippen molar-refractivity contribution in [2.75, 3.05) is 7.11 Å². The summed E-state index contributed by atoms with van der Waals surface area (Å²) >= 11 is 5.22. The highest BCUT2D eigenvalue weighted by molar-refractivity contribution is 7.81. The average molecular weight is 435 g/mol. The number of methoxy groups -OCH3 is 1. The van der Waals surface area contributed by atoms with Gasteiger partial charge in [0.05, 0.1) is 23.2 Å². The molecule has 0 aliphatic rings. The van der Waals surface area contributed by atoms with Crippen LogP contribution in [0, 0.1) is 12.8 Å². The molecule has 2 aromatic heterocycles. The van der Waals surface area contributed by atoms with Crippen LogP contribution in [0.1, 0.15) is 64.7 Å². The van der Waals surface area contributed by atoms with Crippen molar-refractivity contribution in [3.63, 3.8) is 0 Å². The van der Waals surface area contributed by atoms with Gasteiger partial charge in [-0.1, -0.05) is 26.1 Å². The minimum absolute atomic E-state index is 0.0598. The smallest absolute Gasteiger partial charge is 0.434 e. The predicted octanol–water partition coefficient (Wildman–Crippen LogP) is 4.82. The Kier molecular flexibility index (Phi) is 6.71. The number of nitrogens with one attached hydrogen (secondary N) is 1. The molecule has 5 nitrogen and oxygen atoms in total. The van der Waals surface area contributed by atoms with E-state index in [-0.39, 0.29) is 28.6 Å². The summed E-state index contributed by atoms with van der Waals surface area (Å²) in [6.45, 7) is 4.93. The molecule has 0 saturated heterocycles. The number of thiocarbonyl (C=S) groups is 1. The second-order valence-electron chi connectivity index (χ2n) is 6.68. The number of aromatic amines is 1. The lowest BCUT2D eigenvalue weighted by atomic mass is 9.89. The van der Waals surface area contributed by atoms with E-state index in [0.717, 1.165) is 7.11 Å². The van der Waals surface area contributed by atoms with E-state index in [1.54, 1.807) is 20.8 Å². The SMILES string of the molecule is COC(=O)c1c(C(F)F)nc(C(F)(F)F)c(C(=S)c2nc(C)c[nH]2)c1CC(C)C. The lowest BCUT2D eigenvalue weighted by molar-refractivity contribution is -0.141. The van der Waals surface area contributed by atoms with Crippen LogP contribution in [0.25, 0.3) is 0 Å². The van der Waals surface area contributed by atoms with Crippen molar-refractivity contribution in [3.05, 3.63) is 45.8 Å². The first-order valence-electron chi connectivity index (χ1n) is 8.45. The molecule has 2 aromatic rings. The number of aromatic nitrogens is 3. The summed E-state index contributed by atoms with van der Waals surface area (Å²) in [5, 5.41) is 0. The molecule has 0 atom stereocenters. The molecule has 0 spiro atoms. The van der Waals surface area contributed by atoms with Gasteiger partial charge in [-0.2, -0.15) is 13.2 Å². The van der Waals surface area contributed by atoms with E-state index in [4.69, 9.17) is 12.2 Å². The maximum atomic E-state index is 13.8. The van der Waals surface area contributed by atoms with Gasteiger partial charge in [0.15, 0.2) is 5.69 Å². The first kappa shape index (κ1) is 22.9. The van der Waals surface area contributed by atoms with Crippen molar-refractivity contribution >= 4 is 23.1 Å². The number of imidazole rings is 1. The number of hydrogen-bond donors (Lipinski definition) is 1. The molecule has 11 heteroatoms. The van der Waals surface area contributed by atoms with Crippen LogP contribution in [-0.2, 0) is 17.3 Å². The number of H-pyrrole nitrogens is 1. The van der Waals surface area contributed by atoms with Gasteiger partial charge in [0.2, 0.25) is 0 Å². The lowest BCUT2D eigenvalue weighted by Gasteiger charge is -2.22. The molecule has 0 aliphatic carbocycles. The summed E-state index contributed by atoms with van der Waals surface area (Å²) in [7, 11) is 0.947. The fraction of sp³-hybridized carbons (Fsp3) is 0.444. The third-order valence-corrected chi connectivity index (χ3v) is 4.35. The summed E-state index contributed by atoms with van der Waals surface area (Å²) in [6, 6.07) is 0. The Bertz CT molecular complexity index is 938. The molecule has 0 fully saturated rings. The first-order valence-corrected chi connectivity index (χ1v) is 8.86. The number of pyridine rings is 1. The molecular weight excluding hydrogens is 417 g/mol. The van der Waals surface area contributed by atoms with E-state index in [0.29, 0.717) is 5.69 Å². The van der Waals surface area contributed by atoms with Crippen LogP contribution in [0.3, 0.4) is 0 Å². The molecule has 1 N–H and O–H groups in total. The highest BCUT2D eigenvalue weighted by Gasteiger charge is 2.42. The summed E-state index contributed by atoms with van der Waals surface area (Å²) in [4.78, 5) is 21.7. The lowest BCUT2D eigenvalue weighted by Crippen LogP contribution is -2.25. The van der Waals surface area contributed by atoms with Crippen LogP contribution >= 0.6 is 12.2 Å². The van der Waals surface area contributed by atoms with E-state index >= 15 is 0 Å². The zero-order chi connectivity index (χ0) is 22.1. The first-order chi connectivity index (χ1) is 13.4. The highest BCUT2D eigenvalue weighted by Crippen LogP contribution is 2.38. The Morgan fingerprint density at radius 2 is 1.86 bits per heavy atom. The fourth-order valence-corrected chi connectivity index (χ4v) is 3.18. The van der Waals surface area contributed by atoms with Gasteiger partial charge in [0.1, 0.15) is 11.5 Å². The molecule has 0 unspecified atom stereocenters. The van der Waals surface area contributed by atoms with Crippen molar-refractivity contribution in [2.45, 2.75) is 39.8 Å². The summed E-state index contributed by atoms with van der Waals surface area (Å²) in [5.41, 5.74) is -4.03. The molecule has 0 radical (unpaired) electrons. The van der Waals surface area contributed by atoms with Crippen LogP contribution in [0.2, 0.25) is 0 Å². The largest absolute Gasteiger partial charge is 0.465 e. The van der Waals surface area contributed by atoms with Gasteiger partial charge in [-0.25, -0.2) is 23.5 Å². The fourth-order valence-electron chi connectivity index (χ4n) is 2.85. The van der Waals surface area contributed by atoms with E-state index in [1.807, 2.05) is 0 Å². The van der Waals surface area contributed by atoms with Crippen LogP contribution < -0.4 is 0 Å². The van der Waals surface area contributed by atoms with Gasteiger partial charge >= 0.3 is 12.1 Å². The Labute approximate surface area is 168 Å². The summed E-state index contributed by atoms with van der Waals surface area (Å²) in [5.74, 6) is -1.56. The number of hydrogen-bond acceptors (Lipinski definition) is 5. The molecule has 2 heterocycles. The van der Waals surface area contributed by atoms with Crippen molar-refractivity contribution in [1.29, 1.82) is 0 Å². The minimum atomic E-state index is -5.09. The average Bonchev–Trinajstić information content (AvgIpc) is 3.04. The second kappa shape index (κ2) is 8.52. The Morgan fingerprint density at radius 3 is 2.28 bits per heavy atom. The number of carbonyl (C=O) groups is 1. The third-order valence-electron chi connectivity index (χ3n) is 3.95. The number of carbonyl (C=O) groups excluding carboxylic acids is 1. The minimum Gasteiger partial charge on any atom is -0.465 e. The molecular formula is C18H18F5N3O2S. The Morgan fingerprint density at radius 1 is 1.24 bits per heavy atom. The van der Waals surface area contributed by atoms with Crippen molar-refractivity contribution < 1.29 is 31.5 Å². The van der Waals surface area contributed by atoms with E-state index in [2.05, 4.69) is 19.7 Å². The predicted molar refractivity (Wildman–Crippen MR) is 98.2 cm³/mol. The van der Waals surface area contributed by atoms with E-state index in [9.17, 15) is 26.7 Å². The quantitative estimate of drug-likeness (QED) is 0.305. The highest BCUT2D eigenvalue weighted by atomic mass is 32.1. The van der Waals surface area contributed by atoms with E-state index < -0.39 is 41.1 Å². The second-order valence-corrected chi connectivity index (χ2v) is 7.09. The monoisotopic (exact) mass is 435 g/mol. The number of halogens is 5. The Balaban J connectivity index is 3.00. The molecule has 158 valence electrons.